The molecule has 0 spiro atoms. The number of imidazole rings is 1. The molecular weight excluding hydrogens is 276 g/mol. The van der Waals surface area contributed by atoms with Crippen molar-refractivity contribution < 1.29 is 0 Å². The number of aromatic nitrogens is 2. The van der Waals surface area contributed by atoms with Gasteiger partial charge in [-0.2, -0.15) is 0 Å². The van der Waals surface area contributed by atoms with Gasteiger partial charge < -0.3 is 0 Å². The summed E-state index contributed by atoms with van der Waals surface area (Å²) in [5, 5.41) is 0. The lowest BCUT2D eigenvalue weighted by molar-refractivity contribution is 1.17. The lowest BCUT2D eigenvalue weighted by Gasteiger charge is -2.02. The van der Waals surface area contributed by atoms with Crippen molar-refractivity contribution in [1.29, 1.82) is 0 Å². The Labute approximate surface area is 108 Å². The number of hydrogen-bond acceptors (Lipinski definition) is 1. The highest BCUT2D eigenvalue weighted by Crippen LogP contribution is 2.29. The quantitative estimate of drug-likeness (QED) is 0.659. The topological polar surface area (TPSA) is 17.3 Å². The van der Waals surface area contributed by atoms with Crippen molar-refractivity contribution in [2.75, 3.05) is 0 Å². The summed E-state index contributed by atoms with van der Waals surface area (Å²) in [7, 11) is 0. The maximum absolute atomic E-state index is 4.53. The van der Waals surface area contributed by atoms with Crippen LogP contribution in [-0.4, -0.2) is 9.38 Å². The maximum atomic E-state index is 4.53. The smallest absolute Gasteiger partial charge is 0.138 e. The molecule has 0 atom stereocenters. The van der Waals surface area contributed by atoms with E-state index in [1.54, 1.807) is 0 Å². The third-order valence-electron chi connectivity index (χ3n) is 2.79. The van der Waals surface area contributed by atoms with E-state index in [4.69, 9.17) is 0 Å². The third kappa shape index (κ3) is 1.76. The zero-order chi connectivity index (χ0) is 11.8. The highest BCUT2D eigenvalue weighted by atomic mass is 79.9. The molecule has 84 valence electrons. The van der Waals surface area contributed by atoms with E-state index in [9.17, 15) is 0 Å². The molecule has 3 rings (SSSR count). The second-order valence-corrected chi connectivity index (χ2v) is 4.80. The van der Waals surface area contributed by atoms with Crippen molar-refractivity contribution >= 4 is 21.6 Å². The minimum Gasteiger partial charge on any atom is -0.298 e. The largest absolute Gasteiger partial charge is 0.298 e. The van der Waals surface area contributed by atoms with Crippen LogP contribution in [0.3, 0.4) is 0 Å². The molecule has 0 amide bonds. The van der Waals surface area contributed by atoms with Crippen molar-refractivity contribution in [1.82, 2.24) is 9.38 Å². The molecule has 0 aliphatic rings. The summed E-state index contributed by atoms with van der Waals surface area (Å²) in [5.41, 5.74) is 4.45. The summed E-state index contributed by atoms with van der Waals surface area (Å²) in [6.45, 7) is 2.07. The summed E-state index contributed by atoms with van der Waals surface area (Å²) < 4.78 is 2.99. The molecule has 0 fully saturated rings. The van der Waals surface area contributed by atoms with Crippen molar-refractivity contribution in [3.63, 3.8) is 0 Å². The van der Waals surface area contributed by atoms with Gasteiger partial charge in [-0.05, 0) is 40.5 Å². The van der Waals surface area contributed by atoms with E-state index in [1.165, 1.54) is 5.56 Å². The van der Waals surface area contributed by atoms with Gasteiger partial charge in [-0.1, -0.05) is 30.3 Å². The lowest BCUT2D eigenvalue weighted by atomic mass is 10.2. The standard InChI is InChI=1S/C14H11BrN2/c1-10-7-8-17-12(9-10)16-14(15)13(17)11-5-3-2-4-6-11/h2-9H,1H3. The highest BCUT2D eigenvalue weighted by molar-refractivity contribution is 9.10. The summed E-state index contributed by atoms with van der Waals surface area (Å²) in [6, 6.07) is 14.4. The molecule has 3 heteroatoms. The SMILES string of the molecule is Cc1ccn2c(-c3ccccc3)c(Br)nc2c1. The monoisotopic (exact) mass is 286 g/mol. The zero-order valence-corrected chi connectivity index (χ0v) is 11.0. The molecule has 0 N–H and O–H groups in total. The van der Waals surface area contributed by atoms with Gasteiger partial charge in [-0.25, -0.2) is 4.98 Å². The van der Waals surface area contributed by atoms with Crippen LogP contribution in [0.2, 0.25) is 0 Å². The van der Waals surface area contributed by atoms with Crippen molar-refractivity contribution in [3.8, 4) is 11.3 Å². The Kier molecular flexibility index (Phi) is 2.48. The summed E-state index contributed by atoms with van der Waals surface area (Å²) in [4.78, 5) is 4.53. The first-order chi connectivity index (χ1) is 8.25. The average molecular weight is 287 g/mol. The number of rotatable bonds is 1. The Morgan fingerprint density at radius 2 is 1.88 bits per heavy atom. The van der Waals surface area contributed by atoms with E-state index in [0.717, 1.165) is 21.5 Å². The Hall–Kier alpha value is -1.61. The van der Waals surface area contributed by atoms with Gasteiger partial charge in [0.25, 0.3) is 0 Å². The van der Waals surface area contributed by atoms with Crippen LogP contribution in [0.15, 0.2) is 53.3 Å². The van der Waals surface area contributed by atoms with Gasteiger partial charge in [0.05, 0.1) is 5.69 Å². The second kappa shape index (κ2) is 4.00. The first-order valence-corrected chi connectivity index (χ1v) is 6.24. The number of pyridine rings is 1. The van der Waals surface area contributed by atoms with E-state index < -0.39 is 0 Å². The number of aryl methyl sites for hydroxylation is 1. The molecule has 2 aromatic heterocycles. The molecule has 1 aromatic carbocycles. The van der Waals surface area contributed by atoms with Crippen LogP contribution in [-0.2, 0) is 0 Å². The second-order valence-electron chi connectivity index (χ2n) is 4.05. The van der Waals surface area contributed by atoms with Crippen LogP contribution in [0.5, 0.6) is 0 Å². The average Bonchev–Trinajstić information content (AvgIpc) is 2.65. The van der Waals surface area contributed by atoms with Crippen LogP contribution < -0.4 is 0 Å². The van der Waals surface area contributed by atoms with Gasteiger partial charge in [-0.15, -0.1) is 0 Å². The molecule has 3 aromatic rings. The predicted molar refractivity (Wildman–Crippen MR) is 73.1 cm³/mol. The van der Waals surface area contributed by atoms with Crippen molar-refractivity contribution in [3.05, 3.63) is 58.8 Å². The highest BCUT2D eigenvalue weighted by Gasteiger charge is 2.11. The van der Waals surface area contributed by atoms with Crippen LogP contribution in [0, 0.1) is 6.92 Å². The van der Waals surface area contributed by atoms with Gasteiger partial charge in [0.1, 0.15) is 10.3 Å². The van der Waals surface area contributed by atoms with E-state index in [2.05, 4.69) is 62.7 Å². The molecular formula is C14H11BrN2. The first kappa shape index (κ1) is 10.5. The van der Waals surface area contributed by atoms with Crippen LogP contribution in [0.1, 0.15) is 5.56 Å². The Morgan fingerprint density at radius 3 is 2.65 bits per heavy atom. The molecule has 2 heterocycles. The van der Waals surface area contributed by atoms with E-state index in [0.29, 0.717) is 0 Å². The Bertz CT molecular complexity index is 671. The van der Waals surface area contributed by atoms with Gasteiger partial charge in [0.2, 0.25) is 0 Å². The summed E-state index contributed by atoms with van der Waals surface area (Å²) in [6.07, 6.45) is 2.06. The van der Waals surface area contributed by atoms with E-state index in [-0.39, 0.29) is 0 Å². The third-order valence-corrected chi connectivity index (χ3v) is 3.34. The normalized spacial score (nSPS) is 10.9. The summed E-state index contributed by atoms with van der Waals surface area (Å²) in [5.74, 6) is 0. The lowest BCUT2D eigenvalue weighted by Crippen LogP contribution is -1.88. The number of nitrogens with zero attached hydrogens (tertiary/aromatic N) is 2. The predicted octanol–water partition coefficient (Wildman–Crippen LogP) is 4.07. The molecule has 0 saturated carbocycles. The molecule has 0 unspecified atom stereocenters. The van der Waals surface area contributed by atoms with Gasteiger partial charge in [0.15, 0.2) is 0 Å². The fourth-order valence-corrected chi connectivity index (χ4v) is 2.57. The fourth-order valence-electron chi connectivity index (χ4n) is 1.97. The maximum Gasteiger partial charge on any atom is 0.138 e. The molecule has 0 radical (unpaired) electrons. The fraction of sp³-hybridized carbons (Fsp3) is 0.0714. The van der Waals surface area contributed by atoms with Crippen LogP contribution in [0.25, 0.3) is 16.9 Å². The number of fused-ring (bicyclic) bond motifs is 1. The minimum absolute atomic E-state index is 0.884. The Morgan fingerprint density at radius 1 is 1.12 bits per heavy atom. The molecule has 2 nitrogen and oxygen atoms in total. The molecule has 0 aliphatic heterocycles. The van der Waals surface area contributed by atoms with E-state index in [1.807, 2.05) is 18.2 Å². The number of benzene rings is 1. The minimum atomic E-state index is 0.884. The Balaban J connectivity index is 2.33. The van der Waals surface area contributed by atoms with Crippen LogP contribution in [0.4, 0.5) is 0 Å². The van der Waals surface area contributed by atoms with E-state index >= 15 is 0 Å². The molecule has 17 heavy (non-hydrogen) atoms. The molecule has 0 saturated heterocycles. The summed E-state index contributed by atoms with van der Waals surface area (Å²) >= 11 is 3.54. The first-order valence-electron chi connectivity index (χ1n) is 5.45. The van der Waals surface area contributed by atoms with Crippen molar-refractivity contribution in [2.24, 2.45) is 0 Å². The number of halogens is 1. The molecule has 0 bridgehead atoms. The number of hydrogen-bond donors (Lipinski definition) is 0. The van der Waals surface area contributed by atoms with Gasteiger partial charge in [-0.3, -0.25) is 4.40 Å². The zero-order valence-electron chi connectivity index (χ0n) is 9.39. The van der Waals surface area contributed by atoms with Gasteiger partial charge >= 0.3 is 0 Å². The van der Waals surface area contributed by atoms with Gasteiger partial charge in [0, 0.05) is 11.8 Å². The molecule has 0 aliphatic carbocycles. The van der Waals surface area contributed by atoms with Crippen molar-refractivity contribution in [2.45, 2.75) is 6.92 Å². The van der Waals surface area contributed by atoms with Crippen LogP contribution >= 0.6 is 15.9 Å².